The maximum absolute atomic E-state index is 8.94. The van der Waals surface area contributed by atoms with Crippen molar-refractivity contribution in [1.29, 1.82) is 0 Å². The van der Waals surface area contributed by atoms with Crippen LogP contribution >= 0.6 is 0 Å². The second kappa shape index (κ2) is 6.88. The van der Waals surface area contributed by atoms with Crippen LogP contribution in [0.2, 0.25) is 0 Å². The van der Waals surface area contributed by atoms with Gasteiger partial charge in [-0.2, -0.15) is 0 Å². The number of hydrogen-bond acceptors (Lipinski definition) is 3. The van der Waals surface area contributed by atoms with Gasteiger partial charge >= 0.3 is 0 Å². The van der Waals surface area contributed by atoms with Crippen molar-refractivity contribution < 1.29 is 5.11 Å². The Balaban J connectivity index is 1.73. The van der Waals surface area contributed by atoms with Gasteiger partial charge in [-0.25, -0.2) is 0 Å². The van der Waals surface area contributed by atoms with Gasteiger partial charge in [0.05, 0.1) is 6.61 Å². The van der Waals surface area contributed by atoms with Crippen LogP contribution in [0.4, 0.5) is 0 Å². The molecule has 100 valence electrons. The Hall–Kier alpha value is -0.900. The molecule has 0 spiro atoms. The molecule has 1 heterocycles. The number of β-amino-alcohol motifs (C(OH)–C–C–N with tert-alkyl or cyclic N) is 1. The summed E-state index contributed by atoms with van der Waals surface area (Å²) in [5.41, 5.74) is 1.38. The van der Waals surface area contributed by atoms with Crippen molar-refractivity contribution in [3.05, 3.63) is 35.9 Å². The third-order valence-corrected chi connectivity index (χ3v) is 3.65. The number of aliphatic hydroxyl groups is 1. The molecule has 0 bridgehead atoms. The van der Waals surface area contributed by atoms with Crippen molar-refractivity contribution in [3.63, 3.8) is 0 Å². The molecule has 0 amide bonds. The van der Waals surface area contributed by atoms with Crippen molar-refractivity contribution >= 4 is 0 Å². The zero-order chi connectivity index (χ0) is 12.8. The quantitative estimate of drug-likeness (QED) is 0.825. The average molecular weight is 248 g/mol. The fourth-order valence-electron chi connectivity index (χ4n) is 2.81. The van der Waals surface area contributed by atoms with Crippen LogP contribution in [0, 0.1) is 5.92 Å². The molecule has 1 aromatic carbocycles. The van der Waals surface area contributed by atoms with Crippen LogP contribution in [0.25, 0.3) is 0 Å². The lowest BCUT2D eigenvalue weighted by Gasteiger charge is -2.21. The molecule has 0 saturated carbocycles. The summed E-state index contributed by atoms with van der Waals surface area (Å²) >= 11 is 0. The Morgan fingerprint density at radius 2 is 2.11 bits per heavy atom. The molecule has 0 radical (unpaired) electrons. The third-order valence-electron chi connectivity index (χ3n) is 3.65. The van der Waals surface area contributed by atoms with Gasteiger partial charge in [0.1, 0.15) is 0 Å². The van der Waals surface area contributed by atoms with Crippen LogP contribution in [-0.2, 0) is 6.54 Å². The lowest BCUT2D eigenvalue weighted by atomic mass is 10.1. The molecule has 0 aromatic heterocycles. The van der Waals surface area contributed by atoms with E-state index in [0.29, 0.717) is 0 Å². The van der Waals surface area contributed by atoms with Crippen molar-refractivity contribution in [2.75, 3.05) is 39.8 Å². The molecule has 2 rings (SSSR count). The van der Waals surface area contributed by atoms with Gasteiger partial charge in [-0.3, -0.25) is 0 Å². The van der Waals surface area contributed by atoms with E-state index in [1.165, 1.54) is 12.0 Å². The van der Waals surface area contributed by atoms with E-state index in [1.807, 2.05) is 0 Å². The molecule has 1 aliphatic heterocycles. The fraction of sp³-hybridized carbons (Fsp3) is 0.600. The normalized spacial score (nSPS) is 20.7. The van der Waals surface area contributed by atoms with E-state index in [1.54, 1.807) is 0 Å². The monoisotopic (exact) mass is 248 g/mol. The Labute approximate surface area is 110 Å². The highest BCUT2D eigenvalue weighted by molar-refractivity contribution is 5.14. The summed E-state index contributed by atoms with van der Waals surface area (Å²) in [6, 6.07) is 10.6. The molecule has 1 aliphatic rings. The zero-order valence-electron chi connectivity index (χ0n) is 11.3. The molecular weight excluding hydrogens is 224 g/mol. The topological polar surface area (TPSA) is 26.7 Å². The van der Waals surface area contributed by atoms with Crippen molar-refractivity contribution in [2.45, 2.75) is 13.0 Å². The number of benzene rings is 1. The van der Waals surface area contributed by atoms with Gasteiger partial charge in [0.2, 0.25) is 0 Å². The summed E-state index contributed by atoms with van der Waals surface area (Å²) in [5, 5.41) is 8.94. The Morgan fingerprint density at radius 3 is 2.83 bits per heavy atom. The maximum Gasteiger partial charge on any atom is 0.0558 e. The molecule has 3 heteroatoms. The van der Waals surface area contributed by atoms with E-state index in [4.69, 9.17) is 5.11 Å². The van der Waals surface area contributed by atoms with E-state index >= 15 is 0 Å². The summed E-state index contributed by atoms with van der Waals surface area (Å²) in [4.78, 5) is 4.77. The molecule has 1 atom stereocenters. The van der Waals surface area contributed by atoms with E-state index in [0.717, 1.165) is 38.6 Å². The second-order valence-corrected chi connectivity index (χ2v) is 5.36. The third kappa shape index (κ3) is 4.09. The van der Waals surface area contributed by atoms with Crippen molar-refractivity contribution in [1.82, 2.24) is 9.80 Å². The summed E-state index contributed by atoms with van der Waals surface area (Å²) in [6.45, 7) is 5.57. The lowest BCUT2D eigenvalue weighted by Crippen LogP contribution is -2.29. The van der Waals surface area contributed by atoms with Crippen LogP contribution in [-0.4, -0.2) is 54.7 Å². The van der Waals surface area contributed by atoms with E-state index in [-0.39, 0.29) is 6.61 Å². The minimum Gasteiger partial charge on any atom is -0.395 e. The van der Waals surface area contributed by atoms with Crippen molar-refractivity contribution in [2.24, 2.45) is 5.92 Å². The Morgan fingerprint density at radius 1 is 1.33 bits per heavy atom. The predicted molar refractivity (Wildman–Crippen MR) is 74.4 cm³/mol. The van der Waals surface area contributed by atoms with Crippen LogP contribution in [0.1, 0.15) is 12.0 Å². The Kier molecular flexibility index (Phi) is 5.17. The maximum atomic E-state index is 8.94. The standard InChI is InChI=1S/C15H24N2O/c1-16(11-14-5-3-2-4-6-14)12-15-7-8-17(13-15)9-10-18/h2-6,15,18H,7-13H2,1H3. The van der Waals surface area contributed by atoms with Gasteiger partial charge in [-0.05, 0) is 31.5 Å². The first kappa shape index (κ1) is 13.5. The summed E-state index contributed by atoms with van der Waals surface area (Å²) in [6.07, 6.45) is 1.26. The van der Waals surface area contributed by atoms with Gasteiger partial charge in [-0.15, -0.1) is 0 Å². The minimum absolute atomic E-state index is 0.284. The van der Waals surface area contributed by atoms with Crippen LogP contribution < -0.4 is 0 Å². The Bertz CT molecular complexity index is 342. The SMILES string of the molecule is CN(Cc1ccccc1)CC1CCN(CCO)C1. The van der Waals surface area contributed by atoms with E-state index in [9.17, 15) is 0 Å². The molecule has 3 nitrogen and oxygen atoms in total. The number of aliphatic hydroxyl groups excluding tert-OH is 1. The lowest BCUT2D eigenvalue weighted by molar-refractivity contribution is 0.209. The first-order chi connectivity index (χ1) is 8.78. The van der Waals surface area contributed by atoms with Crippen LogP contribution in [0.15, 0.2) is 30.3 Å². The average Bonchev–Trinajstić information content (AvgIpc) is 2.78. The molecule has 1 aromatic rings. The molecular formula is C15H24N2O. The summed E-state index contributed by atoms with van der Waals surface area (Å²) < 4.78 is 0. The van der Waals surface area contributed by atoms with Gasteiger partial charge in [0.25, 0.3) is 0 Å². The number of rotatable bonds is 6. The van der Waals surface area contributed by atoms with Gasteiger partial charge in [-0.1, -0.05) is 30.3 Å². The molecule has 0 aliphatic carbocycles. The minimum atomic E-state index is 0.284. The summed E-state index contributed by atoms with van der Waals surface area (Å²) in [5.74, 6) is 0.755. The number of hydrogen-bond donors (Lipinski definition) is 1. The van der Waals surface area contributed by atoms with E-state index in [2.05, 4.69) is 47.2 Å². The van der Waals surface area contributed by atoms with Gasteiger partial charge < -0.3 is 14.9 Å². The van der Waals surface area contributed by atoms with Crippen molar-refractivity contribution in [3.8, 4) is 0 Å². The molecule has 1 fully saturated rings. The summed E-state index contributed by atoms with van der Waals surface area (Å²) in [7, 11) is 2.20. The highest BCUT2D eigenvalue weighted by Crippen LogP contribution is 2.17. The first-order valence-electron chi connectivity index (χ1n) is 6.83. The molecule has 1 N–H and O–H groups in total. The predicted octanol–water partition coefficient (Wildman–Crippen LogP) is 1.43. The smallest absolute Gasteiger partial charge is 0.0558 e. The highest BCUT2D eigenvalue weighted by atomic mass is 16.3. The molecule has 18 heavy (non-hydrogen) atoms. The van der Waals surface area contributed by atoms with Crippen LogP contribution in [0.5, 0.6) is 0 Å². The fourth-order valence-corrected chi connectivity index (χ4v) is 2.81. The molecule has 1 saturated heterocycles. The zero-order valence-corrected chi connectivity index (χ0v) is 11.3. The van der Waals surface area contributed by atoms with Crippen LogP contribution in [0.3, 0.4) is 0 Å². The number of likely N-dealkylation sites (tertiary alicyclic amines) is 1. The van der Waals surface area contributed by atoms with E-state index < -0.39 is 0 Å². The van der Waals surface area contributed by atoms with Gasteiger partial charge in [0.15, 0.2) is 0 Å². The largest absolute Gasteiger partial charge is 0.395 e. The van der Waals surface area contributed by atoms with Gasteiger partial charge in [0, 0.05) is 26.2 Å². The highest BCUT2D eigenvalue weighted by Gasteiger charge is 2.22. The number of nitrogens with zero attached hydrogens (tertiary/aromatic N) is 2. The molecule has 1 unspecified atom stereocenters. The second-order valence-electron chi connectivity index (χ2n) is 5.36. The first-order valence-corrected chi connectivity index (χ1v) is 6.83.